The Morgan fingerprint density at radius 1 is 1.29 bits per heavy atom. The van der Waals surface area contributed by atoms with Crippen LogP contribution in [0.2, 0.25) is 0 Å². The summed E-state index contributed by atoms with van der Waals surface area (Å²) in [4.78, 5) is 39.9. The summed E-state index contributed by atoms with van der Waals surface area (Å²) in [6, 6.07) is 5.20. The highest BCUT2D eigenvalue weighted by atomic mass is 16.6. The second-order valence-electron chi connectivity index (χ2n) is 8.18. The molecule has 1 saturated heterocycles. The summed E-state index contributed by atoms with van der Waals surface area (Å²) < 4.78 is 10.8. The number of likely N-dealkylation sites (tertiary alicyclic amines) is 1. The molecule has 3 amide bonds. The van der Waals surface area contributed by atoms with E-state index in [1.807, 2.05) is 20.8 Å². The van der Waals surface area contributed by atoms with Gasteiger partial charge >= 0.3 is 6.09 Å². The van der Waals surface area contributed by atoms with E-state index in [0.29, 0.717) is 36.6 Å². The second-order valence-corrected chi connectivity index (χ2v) is 8.18. The van der Waals surface area contributed by atoms with E-state index < -0.39 is 11.7 Å². The highest BCUT2D eigenvalue weighted by Crippen LogP contribution is 2.34. The minimum atomic E-state index is -0.569. The summed E-state index contributed by atoms with van der Waals surface area (Å²) in [5.74, 6) is -0.00282. The number of likely N-dealkylation sites (N-methyl/N-ethyl adjacent to an activating group) is 1. The molecule has 8 nitrogen and oxygen atoms in total. The largest absolute Gasteiger partial charge is 0.482 e. The third-order valence-electron chi connectivity index (χ3n) is 4.76. The van der Waals surface area contributed by atoms with Crippen LogP contribution >= 0.6 is 0 Å². The Kier molecular flexibility index (Phi) is 5.49. The molecule has 1 aromatic rings. The van der Waals surface area contributed by atoms with Crippen molar-refractivity contribution in [2.45, 2.75) is 39.2 Å². The van der Waals surface area contributed by atoms with E-state index in [-0.39, 0.29) is 24.3 Å². The predicted octanol–water partition coefficient (Wildman–Crippen LogP) is 2.63. The maximum atomic E-state index is 12.7. The number of fused-ring (bicyclic) bond motifs is 1. The molecule has 28 heavy (non-hydrogen) atoms. The summed E-state index contributed by atoms with van der Waals surface area (Å²) in [7, 11) is 1.68. The van der Waals surface area contributed by atoms with Crippen molar-refractivity contribution in [1.29, 1.82) is 0 Å². The average molecular weight is 389 g/mol. The van der Waals surface area contributed by atoms with Gasteiger partial charge in [0.2, 0.25) is 5.91 Å². The van der Waals surface area contributed by atoms with Gasteiger partial charge in [-0.3, -0.25) is 9.59 Å². The number of anilines is 2. The van der Waals surface area contributed by atoms with Gasteiger partial charge in [-0.15, -0.1) is 0 Å². The topological polar surface area (TPSA) is 88.2 Å². The summed E-state index contributed by atoms with van der Waals surface area (Å²) in [5, 5.41) is 2.89. The number of carbonyl (C=O) groups is 3. The maximum absolute atomic E-state index is 12.7. The number of carbonyl (C=O) groups excluding carboxylic acids is 3. The van der Waals surface area contributed by atoms with Gasteiger partial charge in [0.05, 0.1) is 11.6 Å². The standard InChI is InChI=1S/C20H27N3O5/c1-20(2,3)28-19(26)23-9-5-6-13(11-23)18(25)21-14-7-8-16-15(10-14)22(4)17(24)12-27-16/h7-8,10,13H,5-6,9,11-12H2,1-4H3,(H,21,25). The molecule has 2 aliphatic heterocycles. The molecule has 0 radical (unpaired) electrons. The molecule has 8 heteroatoms. The smallest absolute Gasteiger partial charge is 0.410 e. The number of benzene rings is 1. The van der Waals surface area contributed by atoms with Crippen LogP contribution in [0.15, 0.2) is 18.2 Å². The second kappa shape index (κ2) is 7.69. The van der Waals surface area contributed by atoms with Crippen molar-refractivity contribution in [1.82, 2.24) is 4.90 Å². The van der Waals surface area contributed by atoms with Gasteiger partial charge in [0.25, 0.3) is 5.91 Å². The van der Waals surface area contributed by atoms with Crippen molar-refractivity contribution in [2.75, 3.05) is 37.0 Å². The van der Waals surface area contributed by atoms with E-state index >= 15 is 0 Å². The molecule has 152 valence electrons. The molecular formula is C20H27N3O5. The van der Waals surface area contributed by atoms with Gasteiger partial charge in [0.1, 0.15) is 11.4 Å². The number of hydrogen-bond acceptors (Lipinski definition) is 5. The van der Waals surface area contributed by atoms with Gasteiger partial charge in [-0.05, 0) is 51.8 Å². The lowest BCUT2D eigenvalue weighted by molar-refractivity contribution is -0.121. The molecule has 1 unspecified atom stereocenters. The zero-order chi connectivity index (χ0) is 20.5. The van der Waals surface area contributed by atoms with E-state index in [1.165, 1.54) is 4.90 Å². The summed E-state index contributed by atoms with van der Waals surface area (Å²) in [6.45, 7) is 6.38. The van der Waals surface area contributed by atoms with Crippen molar-refractivity contribution in [2.24, 2.45) is 5.92 Å². The Balaban J connectivity index is 1.65. The Labute approximate surface area is 164 Å². The highest BCUT2D eigenvalue weighted by molar-refractivity contribution is 5.99. The third kappa shape index (κ3) is 4.55. The minimum Gasteiger partial charge on any atom is -0.482 e. The van der Waals surface area contributed by atoms with Crippen molar-refractivity contribution in [3.8, 4) is 5.75 Å². The maximum Gasteiger partial charge on any atom is 0.410 e. The van der Waals surface area contributed by atoms with Gasteiger partial charge in [0, 0.05) is 25.8 Å². The van der Waals surface area contributed by atoms with Gasteiger partial charge in [-0.25, -0.2) is 4.79 Å². The fraction of sp³-hybridized carbons (Fsp3) is 0.550. The number of amides is 3. The number of rotatable bonds is 2. The summed E-state index contributed by atoms with van der Waals surface area (Å²) in [5.41, 5.74) is 0.636. The molecule has 1 atom stereocenters. The fourth-order valence-electron chi connectivity index (χ4n) is 3.28. The molecule has 2 aliphatic rings. The molecule has 0 aromatic heterocycles. The number of nitrogens with one attached hydrogen (secondary N) is 1. The van der Waals surface area contributed by atoms with E-state index in [4.69, 9.17) is 9.47 Å². The number of piperidine rings is 1. The first kappa shape index (κ1) is 20.0. The molecular weight excluding hydrogens is 362 g/mol. The Hall–Kier alpha value is -2.77. The lowest BCUT2D eigenvalue weighted by Gasteiger charge is -2.33. The van der Waals surface area contributed by atoms with Crippen LogP contribution in [-0.4, -0.2) is 55.2 Å². The van der Waals surface area contributed by atoms with Crippen molar-refractivity contribution >= 4 is 29.3 Å². The van der Waals surface area contributed by atoms with Gasteiger partial charge in [-0.2, -0.15) is 0 Å². The van der Waals surface area contributed by atoms with E-state index in [2.05, 4.69) is 5.32 Å². The number of hydrogen-bond donors (Lipinski definition) is 1. The first-order valence-corrected chi connectivity index (χ1v) is 9.46. The van der Waals surface area contributed by atoms with Crippen LogP contribution in [0.3, 0.4) is 0 Å². The molecule has 0 aliphatic carbocycles. The zero-order valence-electron chi connectivity index (χ0n) is 16.8. The SMILES string of the molecule is CN1C(=O)COc2ccc(NC(=O)C3CCCN(C(=O)OC(C)(C)C)C3)cc21. The van der Waals surface area contributed by atoms with E-state index in [1.54, 1.807) is 30.1 Å². The molecule has 1 fully saturated rings. The first-order chi connectivity index (χ1) is 13.1. The first-order valence-electron chi connectivity index (χ1n) is 9.46. The minimum absolute atomic E-state index is 0.0117. The monoisotopic (exact) mass is 389 g/mol. The van der Waals surface area contributed by atoms with Gasteiger partial charge in [0.15, 0.2) is 6.61 Å². The quantitative estimate of drug-likeness (QED) is 0.840. The van der Waals surface area contributed by atoms with Gasteiger partial charge in [-0.1, -0.05) is 0 Å². The molecule has 1 aromatic carbocycles. The Bertz CT molecular complexity index is 787. The number of ether oxygens (including phenoxy) is 2. The number of nitrogens with zero attached hydrogens (tertiary/aromatic N) is 2. The van der Waals surface area contributed by atoms with E-state index in [0.717, 1.165) is 6.42 Å². The molecule has 0 bridgehead atoms. The molecule has 2 heterocycles. The molecule has 0 saturated carbocycles. The summed E-state index contributed by atoms with van der Waals surface area (Å²) >= 11 is 0. The summed E-state index contributed by atoms with van der Waals surface area (Å²) in [6.07, 6.45) is 1.06. The molecule has 1 N–H and O–H groups in total. The van der Waals surface area contributed by atoms with Crippen molar-refractivity contribution in [3.63, 3.8) is 0 Å². The Morgan fingerprint density at radius 3 is 2.75 bits per heavy atom. The van der Waals surface area contributed by atoms with Crippen LogP contribution in [0.1, 0.15) is 33.6 Å². The Morgan fingerprint density at radius 2 is 2.04 bits per heavy atom. The van der Waals surface area contributed by atoms with Crippen LogP contribution in [-0.2, 0) is 14.3 Å². The van der Waals surface area contributed by atoms with Crippen molar-refractivity contribution < 1.29 is 23.9 Å². The molecule has 3 rings (SSSR count). The van der Waals surface area contributed by atoms with Gasteiger partial charge < -0.3 is 24.6 Å². The van der Waals surface area contributed by atoms with Crippen LogP contribution in [0.25, 0.3) is 0 Å². The van der Waals surface area contributed by atoms with E-state index in [9.17, 15) is 14.4 Å². The van der Waals surface area contributed by atoms with Crippen LogP contribution in [0.5, 0.6) is 5.75 Å². The van der Waals surface area contributed by atoms with Crippen LogP contribution in [0.4, 0.5) is 16.2 Å². The average Bonchev–Trinajstić information content (AvgIpc) is 2.64. The van der Waals surface area contributed by atoms with Crippen LogP contribution in [0, 0.1) is 5.92 Å². The third-order valence-corrected chi connectivity index (χ3v) is 4.76. The highest BCUT2D eigenvalue weighted by Gasteiger charge is 2.31. The lowest BCUT2D eigenvalue weighted by Crippen LogP contribution is -2.45. The zero-order valence-corrected chi connectivity index (χ0v) is 16.8. The van der Waals surface area contributed by atoms with Crippen LogP contribution < -0.4 is 15.0 Å². The normalized spacial score (nSPS) is 19.6. The molecule has 0 spiro atoms. The van der Waals surface area contributed by atoms with Crippen molar-refractivity contribution in [3.05, 3.63) is 18.2 Å². The fourth-order valence-corrected chi connectivity index (χ4v) is 3.28. The predicted molar refractivity (Wildman–Crippen MR) is 105 cm³/mol. The lowest BCUT2D eigenvalue weighted by atomic mass is 9.97.